The van der Waals surface area contributed by atoms with Crippen LogP contribution < -0.4 is 4.74 Å². The second-order valence-corrected chi connectivity index (χ2v) is 2.91. The summed E-state index contributed by atoms with van der Waals surface area (Å²) < 4.78 is 9.30. The fraction of sp³-hybridized carbons (Fsp3) is 0.250. The molecule has 2 rings (SSSR count). The van der Waals surface area contributed by atoms with E-state index >= 15 is 0 Å². The molecule has 0 saturated carbocycles. The summed E-state index contributed by atoms with van der Waals surface area (Å²) >= 11 is 5.88. The minimum atomic E-state index is 0.426. The van der Waals surface area contributed by atoms with E-state index in [9.17, 15) is 0 Å². The summed E-state index contributed by atoms with van der Waals surface area (Å²) in [5, 5.41) is 0.748. The van der Waals surface area contributed by atoms with Gasteiger partial charge in [-0.1, -0.05) is 11.6 Å². The van der Waals surface area contributed by atoms with Crippen LogP contribution in [0, 0.1) is 6.92 Å². The molecule has 1 aliphatic heterocycles. The van der Waals surface area contributed by atoms with Gasteiger partial charge in [-0.3, -0.25) is 0 Å². The van der Waals surface area contributed by atoms with Crippen LogP contribution in [-0.4, -0.2) is 11.5 Å². The number of aryl methyl sites for hydroxylation is 1. The number of halogens is 1. The number of aliphatic hydroxyl groups is 1. The topological polar surface area (TPSA) is 22.0 Å². The van der Waals surface area contributed by atoms with Gasteiger partial charge in [0.15, 0.2) is 0 Å². The molecule has 1 N–H and O–H groups in total. The molecule has 0 atom stereocenters. The Kier molecular flexibility index (Phi) is 1.43. The average Bonchev–Trinajstić information content (AvgIpc) is 2.36. The first-order valence-corrected chi connectivity index (χ1v) is 3.75. The molecular weight excluding hydrogens is 164 g/mol. The molecule has 3 heteroatoms. The zero-order valence-electron chi connectivity index (χ0n) is 6.10. The lowest BCUT2D eigenvalue weighted by atomic mass is 10.2. The Bertz CT molecular complexity index is 267. The molecule has 1 aliphatic rings. The van der Waals surface area contributed by atoms with Crippen LogP contribution in [0.15, 0.2) is 12.1 Å². The summed E-state index contributed by atoms with van der Waals surface area (Å²) in [4.78, 5) is 0. The van der Waals surface area contributed by atoms with Gasteiger partial charge in [-0.25, -0.2) is 0 Å². The first-order chi connectivity index (χ1) is 5.27. The number of benzene rings is 1. The Morgan fingerprint density at radius 1 is 1.55 bits per heavy atom. The third kappa shape index (κ3) is 1.03. The number of ether oxygens (including phenoxy) is 2. The largest absolute Gasteiger partial charge is 0.551 e. The van der Waals surface area contributed by atoms with Crippen molar-refractivity contribution in [2.45, 2.75) is 6.92 Å². The highest BCUT2D eigenvalue weighted by Gasteiger charge is 2.19. The van der Waals surface area contributed by atoms with Crippen molar-refractivity contribution < 1.29 is 9.47 Å². The zero-order valence-corrected chi connectivity index (χ0v) is 6.85. The third-order valence-electron chi connectivity index (χ3n) is 1.70. The van der Waals surface area contributed by atoms with Crippen molar-refractivity contribution in [3.63, 3.8) is 0 Å². The van der Waals surface area contributed by atoms with Crippen LogP contribution in [-0.2, 0) is 0 Å². The molecule has 0 aliphatic carbocycles. The van der Waals surface area contributed by atoms with Crippen molar-refractivity contribution in [2.24, 2.45) is 0 Å². The summed E-state index contributed by atoms with van der Waals surface area (Å²) in [5.41, 5.74) is 1.03. The molecule has 0 radical (unpaired) electrons. The minimum absolute atomic E-state index is 0.426. The SMILES string of the molecule is Cc1cc2c(cc1Cl)[OH+]CO2. The van der Waals surface area contributed by atoms with Crippen molar-refractivity contribution in [3.05, 3.63) is 22.7 Å². The lowest BCUT2D eigenvalue weighted by molar-refractivity contribution is 0.00266. The highest BCUT2D eigenvalue weighted by Crippen LogP contribution is 2.36. The Morgan fingerprint density at radius 2 is 2.36 bits per heavy atom. The number of rotatable bonds is 0. The Morgan fingerprint density at radius 3 is 3.18 bits per heavy atom. The van der Waals surface area contributed by atoms with Gasteiger partial charge in [0.1, 0.15) is 0 Å². The predicted octanol–water partition coefficient (Wildman–Crippen LogP) is 2.24. The van der Waals surface area contributed by atoms with Gasteiger partial charge in [-0.05, 0) is 18.6 Å². The lowest BCUT2D eigenvalue weighted by Gasteiger charge is -1.96. The van der Waals surface area contributed by atoms with E-state index in [1.165, 1.54) is 0 Å². The van der Waals surface area contributed by atoms with Gasteiger partial charge in [0, 0.05) is 0 Å². The van der Waals surface area contributed by atoms with E-state index in [1.807, 2.05) is 19.1 Å². The molecular formula is C8H8ClO2+. The van der Waals surface area contributed by atoms with Crippen LogP contribution in [0.4, 0.5) is 0 Å². The van der Waals surface area contributed by atoms with Gasteiger partial charge in [0.25, 0.3) is 0 Å². The van der Waals surface area contributed by atoms with E-state index in [1.54, 1.807) is 0 Å². The molecule has 1 aromatic carbocycles. The second-order valence-electron chi connectivity index (χ2n) is 2.50. The first-order valence-electron chi connectivity index (χ1n) is 3.38. The number of fused-ring (bicyclic) bond motifs is 1. The molecule has 11 heavy (non-hydrogen) atoms. The molecule has 1 heterocycles. The second kappa shape index (κ2) is 2.31. The van der Waals surface area contributed by atoms with Gasteiger partial charge in [-0.2, -0.15) is 0 Å². The Labute approximate surface area is 69.7 Å². The van der Waals surface area contributed by atoms with E-state index in [4.69, 9.17) is 16.3 Å². The van der Waals surface area contributed by atoms with Crippen molar-refractivity contribution >= 4 is 11.6 Å². The van der Waals surface area contributed by atoms with Crippen LogP contribution in [0.25, 0.3) is 0 Å². The summed E-state index contributed by atoms with van der Waals surface area (Å²) in [7, 11) is 0. The predicted molar refractivity (Wildman–Crippen MR) is 43.3 cm³/mol. The van der Waals surface area contributed by atoms with Gasteiger partial charge in [0.05, 0.1) is 11.1 Å². The maximum absolute atomic E-state index is 5.88. The van der Waals surface area contributed by atoms with E-state index in [2.05, 4.69) is 4.74 Å². The standard InChI is InChI=1S/C8H7ClO2/c1-5-2-7-8(3-6(5)9)11-4-10-7/h2-3H,4H2,1H3/p+1. The van der Waals surface area contributed by atoms with Crippen molar-refractivity contribution in [3.8, 4) is 11.5 Å². The van der Waals surface area contributed by atoms with Crippen LogP contribution >= 0.6 is 11.6 Å². The summed E-state index contributed by atoms with van der Waals surface area (Å²) in [6, 6.07) is 3.74. The van der Waals surface area contributed by atoms with Gasteiger partial charge < -0.3 is 9.47 Å². The average molecular weight is 172 g/mol. The van der Waals surface area contributed by atoms with Gasteiger partial charge in [-0.15, -0.1) is 0 Å². The van der Waals surface area contributed by atoms with Crippen LogP contribution in [0.5, 0.6) is 11.5 Å². The van der Waals surface area contributed by atoms with E-state index in [0.717, 1.165) is 22.1 Å². The fourth-order valence-electron chi connectivity index (χ4n) is 1.06. The molecule has 1 aromatic rings. The first kappa shape index (κ1) is 6.80. The molecule has 58 valence electrons. The molecule has 0 spiro atoms. The highest BCUT2D eigenvalue weighted by atomic mass is 35.5. The maximum Gasteiger partial charge on any atom is 0.327 e. The van der Waals surface area contributed by atoms with Crippen molar-refractivity contribution in [1.29, 1.82) is 0 Å². The third-order valence-corrected chi connectivity index (χ3v) is 2.10. The molecule has 0 fully saturated rings. The van der Waals surface area contributed by atoms with E-state index < -0.39 is 0 Å². The summed E-state index contributed by atoms with van der Waals surface area (Å²) in [6.07, 6.45) is 0. The molecule has 0 bridgehead atoms. The molecule has 0 saturated heterocycles. The monoisotopic (exact) mass is 171 g/mol. The minimum Gasteiger partial charge on any atom is -0.551 e. The van der Waals surface area contributed by atoms with Crippen molar-refractivity contribution in [1.82, 2.24) is 0 Å². The van der Waals surface area contributed by atoms with Gasteiger partial charge in [0.2, 0.25) is 5.75 Å². The molecule has 0 unspecified atom stereocenters. The maximum atomic E-state index is 5.88. The zero-order chi connectivity index (χ0) is 7.84. The number of hydrogen-bond donors (Lipinski definition) is 0. The molecule has 0 amide bonds. The van der Waals surface area contributed by atoms with Crippen LogP contribution in [0.1, 0.15) is 5.56 Å². The normalized spacial score (nSPS) is 13.6. The molecule has 0 aromatic heterocycles. The summed E-state index contributed by atoms with van der Waals surface area (Å²) in [6.45, 7) is 2.37. The van der Waals surface area contributed by atoms with Gasteiger partial charge >= 0.3 is 12.5 Å². The molecule has 2 nitrogen and oxygen atoms in total. The summed E-state index contributed by atoms with van der Waals surface area (Å²) in [5.74, 6) is 1.70. The lowest BCUT2D eigenvalue weighted by Crippen LogP contribution is -1.89. The Balaban J connectivity index is 2.57. The van der Waals surface area contributed by atoms with Crippen molar-refractivity contribution in [2.75, 3.05) is 6.79 Å². The number of aromatic hydroxyl groups is 1. The smallest absolute Gasteiger partial charge is 0.327 e. The van der Waals surface area contributed by atoms with Crippen LogP contribution in [0.3, 0.4) is 0 Å². The highest BCUT2D eigenvalue weighted by molar-refractivity contribution is 6.31. The Hall–Kier alpha value is -0.890. The quantitative estimate of drug-likeness (QED) is 0.549. The number of hydrogen-bond acceptors (Lipinski definition) is 1. The van der Waals surface area contributed by atoms with E-state index in [0.29, 0.717) is 6.79 Å². The van der Waals surface area contributed by atoms with Crippen LogP contribution in [0.2, 0.25) is 5.02 Å². The fourth-order valence-corrected chi connectivity index (χ4v) is 1.21. The van der Waals surface area contributed by atoms with E-state index in [-0.39, 0.29) is 0 Å².